The molecule has 5 heteroatoms. The van der Waals surface area contributed by atoms with Gasteiger partial charge in [-0.1, -0.05) is 6.07 Å². The maximum atomic E-state index is 5.72. The van der Waals surface area contributed by atoms with Crippen LogP contribution in [0.2, 0.25) is 0 Å². The Kier molecular flexibility index (Phi) is 6.53. The first-order valence-electron chi connectivity index (χ1n) is 6.78. The lowest BCUT2D eigenvalue weighted by molar-refractivity contribution is 0.199. The van der Waals surface area contributed by atoms with Crippen molar-refractivity contribution >= 4 is 11.8 Å². The van der Waals surface area contributed by atoms with Gasteiger partial charge >= 0.3 is 0 Å². The largest absolute Gasteiger partial charge is 0.439 e. The number of rotatable bonds is 8. The van der Waals surface area contributed by atoms with Crippen molar-refractivity contribution in [3.05, 3.63) is 48.2 Å². The van der Waals surface area contributed by atoms with Crippen molar-refractivity contribution in [1.29, 1.82) is 0 Å². The molecule has 0 atom stereocenters. The fourth-order valence-corrected chi connectivity index (χ4v) is 2.16. The molecule has 2 aromatic rings. The van der Waals surface area contributed by atoms with Crippen molar-refractivity contribution < 1.29 is 9.47 Å². The zero-order valence-corrected chi connectivity index (χ0v) is 13.2. The fraction of sp³-hybridized carbons (Fsp3) is 0.312. The van der Waals surface area contributed by atoms with Gasteiger partial charge in [0, 0.05) is 37.4 Å². The van der Waals surface area contributed by atoms with Gasteiger partial charge in [-0.05, 0) is 36.1 Å². The first-order chi connectivity index (χ1) is 10.3. The fourth-order valence-electron chi connectivity index (χ4n) is 1.75. The van der Waals surface area contributed by atoms with Crippen LogP contribution in [0.15, 0.2) is 47.5 Å². The maximum absolute atomic E-state index is 5.72. The minimum absolute atomic E-state index is 0.604. The van der Waals surface area contributed by atoms with Crippen molar-refractivity contribution in [2.45, 2.75) is 11.4 Å². The summed E-state index contributed by atoms with van der Waals surface area (Å²) < 4.78 is 10.7. The Hall–Kier alpha value is -1.56. The quantitative estimate of drug-likeness (QED) is 0.598. The molecule has 0 unspecified atom stereocenters. The molecule has 21 heavy (non-hydrogen) atoms. The molecule has 4 nitrogen and oxygen atoms in total. The van der Waals surface area contributed by atoms with Gasteiger partial charge in [0.25, 0.3) is 0 Å². The molecule has 1 N–H and O–H groups in total. The minimum atomic E-state index is 0.604. The van der Waals surface area contributed by atoms with Gasteiger partial charge in [-0.2, -0.15) is 0 Å². The van der Waals surface area contributed by atoms with E-state index in [-0.39, 0.29) is 0 Å². The van der Waals surface area contributed by atoms with E-state index in [1.54, 1.807) is 18.9 Å². The summed E-state index contributed by atoms with van der Waals surface area (Å²) in [5.74, 6) is 1.40. The van der Waals surface area contributed by atoms with E-state index in [0.717, 1.165) is 24.4 Å². The molecule has 0 bridgehead atoms. The summed E-state index contributed by atoms with van der Waals surface area (Å²) >= 11 is 1.71. The summed E-state index contributed by atoms with van der Waals surface area (Å²) in [7, 11) is 1.70. The molecule has 112 valence electrons. The van der Waals surface area contributed by atoms with Crippen LogP contribution >= 0.6 is 11.8 Å². The number of pyridine rings is 1. The lowest BCUT2D eigenvalue weighted by Gasteiger charge is -2.07. The molecule has 0 aliphatic carbocycles. The van der Waals surface area contributed by atoms with Crippen LogP contribution in [-0.2, 0) is 11.3 Å². The molecular formula is C16H20N2O2S. The van der Waals surface area contributed by atoms with Crippen LogP contribution in [0.5, 0.6) is 11.6 Å². The minimum Gasteiger partial charge on any atom is -0.439 e. The smallest absolute Gasteiger partial charge is 0.219 e. The average molecular weight is 304 g/mol. The Morgan fingerprint density at radius 3 is 2.57 bits per heavy atom. The summed E-state index contributed by atoms with van der Waals surface area (Å²) in [5, 5.41) is 3.28. The van der Waals surface area contributed by atoms with E-state index in [9.17, 15) is 0 Å². The molecule has 0 spiro atoms. The van der Waals surface area contributed by atoms with Gasteiger partial charge in [0.05, 0.1) is 6.61 Å². The number of nitrogens with one attached hydrogen (secondary N) is 1. The number of hydrogen-bond acceptors (Lipinski definition) is 5. The molecule has 0 saturated heterocycles. The van der Waals surface area contributed by atoms with E-state index in [1.807, 2.05) is 42.6 Å². The predicted molar refractivity (Wildman–Crippen MR) is 86.1 cm³/mol. The molecular weight excluding hydrogens is 284 g/mol. The van der Waals surface area contributed by atoms with Gasteiger partial charge < -0.3 is 14.8 Å². The van der Waals surface area contributed by atoms with E-state index in [1.165, 1.54) is 4.90 Å². The van der Waals surface area contributed by atoms with Crippen LogP contribution in [0.25, 0.3) is 0 Å². The SMILES string of the molecule is COCCNCc1ccc(Oc2ccc(SC)cc2)nc1. The predicted octanol–water partition coefficient (Wildman–Crippen LogP) is 3.33. The van der Waals surface area contributed by atoms with Gasteiger partial charge in [-0.3, -0.25) is 0 Å². The molecule has 0 saturated carbocycles. The van der Waals surface area contributed by atoms with E-state index < -0.39 is 0 Å². The van der Waals surface area contributed by atoms with Crippen molar-refractivity contribution in [2.75, 3.05) is 26.5 Å². The Labute approximate surface area is 129 Å². The standard InChI is InChI=1S/C16H20N2O2S/c1-19-10-9-17-11-13-3-8-16(18-12-13)20-14-4-6-15(21-2)7-5-14/h3-8,12,17H,9-11H2,1-2H3. The van der Waals surface area contributed by atoms with Crippen LogP contribution < -0.4 is 10.1 Å². The lowest BCUT2D eigenvalue weighted by Crippen LogP contribution is -2.18. The van der Waals surface area contributed by atoms with Crippen LogP contribution in [-0.4, -0.2) is 31.5 Å². The van der Waals surface area contributed by atoms with Gasteiger partial charge in [0.1, 0.15) is 5.75 Å². The number of thioether (sulfide) groups is 1. The zero-order chi connectivity index (χ0) is 14.9. The third-order valence-electron chi connectivity index (χ3n) is 2.89. The molecule has 0 aliphatic heterocycles. The Balaban J connectivity index is 1.86. The van der Waals surface area contributed by atoms with E-state index in [2.05, 4.69) is 16.6 Å². The summed E-state index contributed by atoms with van der Waals surface area (Å²) in [6.07, 6.45) is 3.88. The highest BCUT2D eigenvalue weighted by molar-refractivity contribution is 7.98. The topological polar surface area (TPSA) is 43.4 Å². The van der Waals surface area contributed by atoms with Crippen molar-refractivity contribution in [1.82, 2.24) is 10.3 Å². The first kappa shape index (κ1) is 15.8. The number of benzene rings is 1. The second kappa shape index (κ2) is 8.67. The van der Waals surface area contributed by atoms with Crippen LogP contribution in [0.3, 0.4) is 0 Å². The van der Waals surface area contributed by atoms with Crippen LogP contribution in [0.4, 0.5) is 0 Å². The number of nitrogens with zero attached hydrogens (tertiary/aromatic N) is 1. The van der Waals surface area contributed by atoms with Crippen LogP contribution in [0.1, 0.15) is 5.56 Å². The molecule has 1 heterocycles. The summed E-state index contributed by atoms with van der Waals surface area (Å²) in [5.41, 5.74) is 1.12. The zero-order valence-electron chi connectivity index (χ0n) is 12.3. The van der Waals surface area contributed by atoms with Gasteiger partial charge in [-0.15, -0.1) is 11.8 Å². The second-order valence-electron chi connectivity index (χ2n) is 4.45. The Bertz CT molecular complexity index is 529. The molecule has 1 aromatic heterocycles. The van der Waals surface area contributed by atoms with Gasteiger partial charge in [0.15, 0.2) is 0 Å². The monoisotopic (exact) mass is 304 g/mol. The molecule has 0 amide bonds. The lowest BCUT2D eigenvalue weighted by atomic mass is 10.3. The maximum Gasteiger partial charge on any atom is 0.219 e. The molecule has 0 radical (unpaired) electrons. The van der Waals surface area contributed by atoms with Crippen LogP contribution in [0, 0.1) is 0 Å². The third-order valence-corrected chi connectivity index (χ3v) is 3.64. The number of ether oxygens (including phenoxy) is 2. The number of methoxy groups -OCH3 is 1. The van der Waals surface area contributed by atoms with Gasteiger partial charge in [0.2, 0.25) is 5.88 Å². The molecule has 2 rings (SSSR count). The van der Waals surface area contributed by atoms with E-state index in [0.29, 0.717) is 12.5 Å². The first-order valence-corrected chi connectivity index (χ1v) is 8.01. The average Bonchev–Trinajstić information content (AvgIpc) is 2.54. The second-order valence-corrected chi connectivity index (χ2v) is 5.33. The molecule has 0 fully saturated rings. The van der Waals surface area contributed by atoms with Gasteiger partial charge in [-0.25, -0.2) is 4.98 Å². The Morgan fingerprint density at radius 2 is 1.95 bits per heavy atom. The van der Waals surface area contributed by atoms with E-state index >= 15 is 0 Å². The highest BCUT2D eigenvalue weighted by Crippen LogP contribution is 2.23. The summed E-state index contributed by atoms with van der Waals surface area (Å²) in [4.78, 5) is 5.53. The molecule has 0 aliphatic rings. The normalized spacial score (nSPS) is 10.6. The Morgan fingerprint density at radius 1 is 1.14 bits per heavy atom. The molecule has 1 aromatic carbocycles. The van der Waals surface area contributed by atoms with Crippen molar-refractivity contribution in [3.63, 3.8) is 0 Å². The summed E-state index contributed by atoms with van der Waals surface area (Å²) in [6, 6.07) is 11.9. The highest BCUT2D eigenvalue weighted by atomic mass is 32.2. The van der Waals surface area contributed by atoms with E-state index in [4.69, 9.17) is 9.47 Å². The number of hydrogen-bond donors (Lipinski definition) is 1. The van der Waals surface area contributed by atoms with Crippen molar-refractivity contribution in [2.24, 2.45) is 0 Å². The highest BCUT2D eigenvalue weighted by Gasteiger charge is 2.00. The van der Waals surface area contributed by atoms with Crippen molar-refractivity contribution in [3.8, 4) is 11.6 Å². The summed E-state index contributed by atoms with van der Waals surface area (Å²) in [6.45, 7) is 2.32. The third kappa shape index (κ3) is 5.38. The number of aromatic nitrogens is 1.